The Morgan fingerprint density at radius 3 is 2.46 bits per heavy atom. The standard InChI is InChI=1S/C23H36N2O2S/c1-3-25(20(2)26)19-23(11-16-27-17-12-23)21-7-9-22(10-8-21)28-18-6-15-24-13-4-5-14-24/h7-10H,3-6,11-19H2,1-2H3. The third-order valence-electron chi connectivity index (χ3n) is 6.32. The molecule has 2 saturated heterocycles. The molecule has 2 aliphatic heterocycles. The van der Waals surface area contributed by atoms with Crippen LogP contribution in [0.2, 0.25) is 0 Å². The zero-order valence-electron chi connectivity index (χ0n) is 17.6. The summed E-state index contributed by atoms with van der Waals surface area (Å²) >= 11 is 1.97. The second-order valence-electron chi connectivity index (χ2n) is 8.20. The van der Waals surface area contributed by atoms with Crippen LogP contribution in [0.15, 0.2) is 29.2 Å². The van der Waals surface area contributed by atoms with E-state index in [1.807, 2.05) is 16.7 Å². The van der Waals surface area contributed by atoms with Crippen molar-refractivity contribution in [3.8, 4) is 0 Å². The van der Waals surface area contributed by atoms with Gasteiger partial charge in [0.05, 0.1) is 0 Å². The van der Waals surface area contributed by atoms with E-state index >= 15 is 0 Å². The molecule has 1 amide bonds. The van der Waals surface area contributed by atoms with Crippen LogP contribution in [-0.4, -0.2) is 67.4 Å². The summed E-state index contributed by atoms with van der Waals surface area (Å²) in [7, 11) is 0. The van der Waals surface area contributed by atoms with Crippen LogP contribution in [0, 0.1) is 0 Å². The van der Waals surface area contributed by atoms with Gasteiger partial charge in [0.1, 0.15) is 0 Å². The number of carbonyl (C=O) groups is 1. The van der Waals surface area contributed by atoms with E-state index in [1.54, 1.807) is 6.92 Å². The predicted molar refractivity (Wildman–Crippen MR) is 117 cm³/mol. The molecule has 0 atom stereocenters. The number of hydrogen-bond acceptors (Lipinski definition) is 4. The summed E-state index contributed by atoms with van der Waals surface area (Å²) in [5.74, 6) is 1.35. The molecule has 0 bridgehead atoms. The first kappa shape index (κ1) is 21.7. The Balaban J connectivity index is 1.58. The van der Waals surface area contributed by atoms with Crippen LogP contribution in [0.4, 0.5) is 0 Å². The summed E-state index contributed by atoms with van der Waals surface area (Å²) in [5.41, 5.74) is 1.38. The second-order valence-corrected chi connectivity index (χ2v) is 9.37. The maximum absolute atomic E-state index is 12.0. The summed E-state index contributed by atoms with van der Waals surface area (Å²) in [6, 6.07) is 9.14. The summed E-state index contributed by atoms with van der Waals surface area (Å²) in [5, 5.41) is 0. The highest BCUT2D eigenvalue weighted by atomic mass is 32.2. The second kappa shape index (κ2) is 10.7. The van der Waals surface area contributed by atoms with E-state index in [0.29, 0.717) is 0 Å². The van der Waals surface area contributed by atoms with Gasteiger partial charge in [-0.05, 0) is 82.1 Å². The maximum Gasteiger partial charge on any atom is 0.219 e. The molecule has 0 radical (unpaired) electrons. The number of hydrogen-bond donors (Lipinski definition) is 0. The Labute approximate surface area is 175 Å². The SMILES string of the molecule is CCN(CC1(c2ccc(SCCCN3CCCC3)cc2)CCOCC1)C(C)=O. The lowest BCUT2D eigenvalue weighted by Gasteiger charge is -2.41. The molecule has 5 heteroatoms. The minimum atomic E-state index is 0.0267. The van der Waals surface area contributed by atoms with Gasteiger partial charge < -0.3 is 14.5 Å². The van der Waals surface area contributed by atoms with E-state index in [-0.39, 0.29) is 11.3 Å². The first-order valence-corrected chi connectivity index (χ1v) is 11.9. The molecule has 0 saturated carbocycles. The van der Waals surface area contributed by atoms with Gasteiger partial charge in [-0.15, -0.1) is 11.8 Å². The van der Waals surface area contributed by atoms with Crippen molar-refractivity contribution in [2.24, 2.45) is 0 Å². The molecule has 0 aromatic heterocycles. The molecule has 1 aromatic carbocycles. The lowest BCUT2D eigenvalue weighted by atomic mass is 9.73. The van der Waals surface area contributed by atoms with Gasteiger partial charge in [0.2, 0.25) is 5.91 Å². The van der Waals surface area contributed by atoms with Gasteiger partial charge in [0, 0.05) is 43.5 Å². The van der Waals surface area contributed by atoms with Crippen molar-refractivity contribution in [2.75, 3.05) is 51.7 Å². The molecule has 2 aliphatic rings. The lowest BCUT2D eigenvalue weighted by Crippen LogP contribution is -2.46. The molecular weight excluding hydrogens is 368 g/mol. The number of ether oxygens (including phenoxy) is 1. The quantitative estimate of drug-likeness (QED) is 0.457. The summed E-state index contributed by atoms with van der Waals surface area (Å²) in [6.07, 6.45) is 5.98. The first-order chi connectivity index (χ1) is 13.6. The van der Waals surface area contributed by atoms with Gasteiger partial charge in [0.25, 0.3) is 0 Å². The van der Waals surface area contributed by atoms with Crippen molar-refractivity contribution >= 4 is 17.7 Å². The molecule has 0 aliphatic carbocycles. The highest BCUT2D eigenvalue weighted by Gasteiger charge is 2.36. The van der Waals surface area contributed by atoms with Crippen molar-refractivity contribution in [2.45, 2.75) is 56.3 Å². The number of likely N-dealkylation sites (tertiary alicyclic amines) is 1. The van der Waals surface area contributed by atoms with E-state index in [9.17, 15) is 4.79 Å². The highest BCUT2D eigenvalue weighted by molar-refractivity contribution is 7.99. The van der Waals surface area contributed by atoms with Crippen LogP contribution in [0.3, 0.4) is 0 Å². The molecule has 156 valence electrons. The molecule has 4 nitrogen and oxygen atoms in total. The fourth-order valence-electron chi connectivity index (χ4n) is 4.50. The van der Waals surface area contributed by atoms with Gasteiger partial charge >= 0.3 is 0 Å². The van der Waals surface area contributed by atoms with Gasteiger partial charge in [0.15, 0.2) is 0 Å². The van der Waals surface area contributed by atoms with Crippen molar-refractivity contribution in [1.82, 2.24) is 9.80 Å². The molecule has 0 unspecified atom stereocenters. The predicted octanol–water partition coefficient (Wildman–Crippen LogP) is 4.18. The summed E-state index contributed by atoms with van der Waals surface area (Å²) in [6.45, 7) is 10.7. The van der Waals surface area contributed by atoms with Gasteiger partial charge in [-0.3, -0.25) is 4.79 Å². The smallest absolute Gasteiger partial charge is 0.219 e. The van der Waals surface area contributed by atoms with Gasteiger partial charge in [-0.2, -0.15) is 0 Å². The Hall–Kier alpha value is -1.04. The Bertz CT molecular complexity index is 608. The van der Waals surface area contributed by atoms with Crippen molar-refractivity contribution in [3.05, 3.63) is 29.8 Å². The van der Waals surface area contributed by atoms with E-state index in [2.05, 4.69) is 36.1 Å². The Morgan fingerprint density at radius 2 is 1.86 bits per heavy atom. The maximum atomic E-state index is 12.0. The van der Waals surface area contributed by atoms with Gasteiger partial charge in [-0.1, -0.05) is 12.1 Å². The van der Waals surface area contributed by atoms with Crippen LogP contribution in [0.5, 0.6) is 0 Å². The number of thioether (sulfide) groups is 1. The lowest BCUT2D eigenvalue weighted by molar-refractivity contribution is -0.130. The zero-order chi connectivity index (χ0) is 19.8. The topological polar surface area (TPSA) is 32.8 Å². The Kier molecular flexibility index (Phi) is 8.24. The number of amides is 1. The third kappa shape index (κ3) is 5.74. The molecule has 0 N–H and O–H groups in total. The number of nitrogens with zero attached hydrogens (tertiary/aromatic N) is 2. The third-order valence-corrected chi connectivity index (χ3v) is 7.42. The summed E-state index contributed by atoms with van der Waals surface area (Å²) < 4.78 is 5.64. The van der Waals surface area contributed by atoms with Crippen molar-refractivity contribution < 1.29 is 9.53 Å². The van der Waals surface area contributed by atoms with E-state index in [0.717, 1.165) is 39.1 Å². The molecule has 28 heavy (non-hydrogen) atoms. The minimum Gasteiger partial charge on any atom is -0.381 e. The van der Waals surface area contributed by atoms with Crippen LogP contribution in [0.25, 0.3) is 0 Å². The van der Waals surface area contributed by atoms with Crippen molar-refractivity contribution in [1.29, 1.82) is 0 Å². The Morgan fingerprint density at radius 1 is 1.18 bits per heavy atom. The normalized spacial score (nSPS) is 19.6. The fraction of sp³-hybridized carbons (Fsp3) is 0.696. The monoisotopic (exact) mass is 404 g/mol. The van der Waals surface area contributed by atoms with E-state index in [1.165, 1.54) is 55.1 Å². The average Bonchev–Trinajstić information content (AvgIpc) is 3.24. The molecule has 2 heterocycles. The number of benzene rings is 1. The molecule has 3 rings (SSSR count). The summed E-state index contributed by atoms with van der Waals surface area (Å²) in [4.78, 5) is 17.9. The number of carbonyl (C=O) groups excluding carboxylic acids is 1. The zero-order valence-corrected chi connectivity index (χ0v) is 18.4. The highest BCUT2D eigenvalue weighted by Crippen LogP contribution is 2.36. The first-order valence-electron chi connectivity index (χ1n) is 10.9. The molecule has 2 fully saturated rings. The van der Waals surface area contributed by atoms with Crippen LogP contribution in [0.1, 0.15) is 51.5 Å². The van der Waals surface area contributed by atoms with E-state index in [4.69, 9.17) is 4.74 Å². The van der Waals surface area contributed by atoms with Crippen LogP contribution < -0.4 is 0 Å². The van der Waals surface area contributed by atoms with E-state index < -0.39 is 0 Å². The minimum absolute atomic E-state index is 0.0267. The van der Waals surface area contributed by atoms with Crippen molar-refractivity contribution in [3.63, 3.8) is 0 Å². The largest absolute Gasteiger partial charge is 0.381 e. The fourth-order valence-corrected chi connectivity index (χ4v) is 5.34. The molecular formula is C23H36N2O2S. The average molecular weight is 405 g/mol. The van der Waals surface area contributed by atoms with Gasteiger partial charge in [-0.25, -0.2) is 0 Å². The van der Waals surface area contributed by atoms with Crippen LogP contribution in [-0.2, 0) is 14.9 Å². The molecule has 1 aromatic rings. The van der Waals surface area contributed by atoms with Crippen LogP contribution >= 0.6 is 11.8 Å². The number of likely N-dealkylation sites (N-methyl/N-ethyl adjacent to an activating group) is 1. The number of rotatable bonds is 9. The molecule has 0 spiro atoms.